The summed E-state index contributed by atoms with van der Waals surface area (Å²) in [6.07, 6.45) is -0.0476. The Kier molecular flexibility index (Phi) is 8.63. The molecule has 11 nitrogen and oxygen atoms in total. The smallest absolute Gasteiger partial charge is 0.351 e. The standard InChI is InChI=1S/C21H24N2O9S/c1-29-14-11-18(31-3)15(19(12-14)32-4)9-10-22-33(27,28)23(20(24)13-21(25)26)16-7-5-6-8-17(16)30-2/h5-8,10-12H,9,13H2,1-4H3,(H,25,26). The van der Waals surface area contributed by atoms with Crippen molar-refractivity contribution in [2.75, 3.05) is 32.7 Å². The molecule has 1 amide bonds. The highest BCUT2D eigenvalue weighted by atomic mass is 32.2. The first-order valence-corrected chi connectivity index (χ1v) is 10.8. The Morgan fingerprint density at radius 1 is 0.970 bits per heavy atom. The Labute approximate surface area is 191 Å². The largest absolute Gasteiger partial charge is 0.496 e. The average Bonchev–Trinajstić information content (AvgIpc) is 2.78. The van der Waals surface area contributed by atoms with Crippen LogP contribution in [0.15, 0.2) is 40.8 Å². The number of amides is 1. The monoisotopic (exact) mass is 480 g/mol. The van der Waals surface area contributed by atoms with Crippen LogP contribution in [0.25, 0.3) is 0 Å². The number of hydrogen-bond donors (Lipinski definition) is 1. The Morgan fingerprint density at radius 2 is 1.55 bits per heavy atom. The van der Waals surface area contributed by atoms with E-state index in [0.717, 1.165) is 6.21 Å². The first kappa shape index (κ1) is 25.5. The fraction of sp³-hybridized carbons (Fsp3) is 0.286. The number of benzene rings is 2. The molecule has 2 aromatic rings. The second-order valence-electron chi connectivity index (χ2n) is 6.38. The molecule has 0 spiro atoms. The number of para-hydroxylation sites is 2. The number of hydrogen-bond acceptors (Lipinski definition) is 8. The van der Waals surface area contributed by atoms with Crippen molar-refractivity contribution in [3.63, 3.8) is 0 Å². The quantitative estimate of drug-likeness (QED) is 0.378. The van der Waals surface area contributed by atoms with E-state index in [9.17, 15) is 18.0 Å². The van der Waals surface area contributed by atoms with E-state index in [1.165, 1.54) is 46.6 Å². The van der Waals surface area contributed by atoms with E-state index in [4.69, 9.17) is 24.1 Å². The maximum Gasteiger partial charge on any atom is 0.351 e. The number of carbonyl (C=O) groups excluding carboxylic acids is 1. The molecule has 12 heteroatoms. The molecule has 0 aromatic heterocycles. The van der Waals surface area contributed by atoms with Crippen molar-refractivity contribution in [3.05, 3.63) is 42.0 Å². The van der Waals surface area contributed by atoms with Gasteiger partial charge < -0.3 is 24.1 Å². The van der Waals surface area contributed by atoms with Gasteiger partial charge >= 0.3 is 16.2 Å². The highest BCUT2D eigenvalue weighted by molar-refractivity contribution is 7.92. The normalized spacial score (nSPS) is 11.2. The van der Waals surface area contributed by atoms with Crippen LogP contribution in [0.3, 0.4) is 0 Å². The second-order valence-corrected chi connectivity index (χ2v) is 7.85. The van der Waals surface area contributed by atoms with Crippen molar-refractivity contribution in [2.24, 2.45) is 4.40 Å². The van der Waals surface area contributed by atoms with Crippen LogP contribution in [0.2, 0.25) is 0 Å². The molecule has 1 N–H and O–H groups in total. The molecular weight excluding hydrogens is 456 g/mol. The third-order valence-corrected chi connectivity index (χ3v) is 5.66. The molecule has 2 aromatic carbocycles. The van der Waals surface area contributed by atoms with E-state index in [1.807, 2.05) is 0 Å². The average molecular weight is 480 g/mol. The first-order chi connectivity index (χ1) is 15.7. The summed E-state index contributed by atoms with van der Waals surface area (Å²) in [4.78, 5) is 23.6. The van der Waals surface area contributed by atoms with Gasteiger partial charge in [-0.2, -0.15) is 17.1 Å². The van der Waals surface area contributed by atoms with E-state index in [-0.39, 0.29) is 17.9 Å². The highest BCUT2D eigenvalue weighted by Crippen LogP contribution is 2.34. The third-order valence-electron chi connectivity index (χ3n) is 4.38. The topological polar surface area (TPSA) is 141 Å². The Hall–Kier alpha value is -3.80. The van der Waals surface area contributed by atoms with Gasteiger partial charge in [0.1, 0.15) is 35.1 Å². The minimum atomic E-state index is -4.67. The molecular formula is C21H24N2O9S. The van der Waals surface area contributed by atoms with Crippen molar-refractivity contribution in [1.82, 2.24) is 0 Å². The molecule has 0 unspecified atom stereocenters. The second kappa shape index (κ2) is 11.2. The van der Waals surface area contributed by atoms with Crippen LogP contribution in [0.1, 0.15) is 12.0 Å². The van der Waals surface area contributed by atoms with Gasteiger partial charge in [-0.1, -0.05) is 12.1 Å². The first-order valence-electron chi connectivity index (χ1n) is 9.44. The van der Waals surface area contributed by atoms with E-state index in [2.05, 4.69) is 4.40 Å². The lowest BCUT2D eigenvalue weighted by Gasteiger charge is -2.21. The molecule has 0 atom stereocenters. The number of rotatable bonds is 11. The predicted octanol–water partition coefficient (Wildman–Crippen LogP) is 2.09. The molecule has 0 aliphatic heterocycles. The summed E-state index contributed by atoms with van der Waals surface area (Å²) < 4.78 is 50.8. The summed E-state index contributed by atoms with van der Waals surface area (Å²) in [5.74, 6) is -1.43. The summed E-state index contributed by atoms with van der Waals surface area (Å²) in [7, 11) is 0.952. The number of nitrogens with zero attached hydrogens (tertiary/aromatic N) is 2. The number of carboxylic acids is 1. The van der Waals surface area contributed by atoms with E-state index < -0.39 is 28.5 Å². The van der Waals surface area contributed by atoms with Gasteiger partial charge in [-0.3, -0.25) is 9.59 Å². The fourth-order valence-corrected chi connectivity index (χ4v) is 4.01. The molecule has 0 bridgehead atoms. The number of ether oxygens (including phenoxy) is 4. The van der Waals surface area contributed by atoms with Crippen LogP contribution >= 0.6 is 0 Å². The van der Waals surface area contributed by atoms with Gasteiger partial charge in [-0.05, 0) is 12.1 Å². The Morgan fingerprint density at radius 3 is 2.06 bits per heavy atom. The van der Waals surface area contributed by atoms with E-state index in [1.54, 1.807) is 18.2 Å². The number of carboxylic acid groups (broad SMARTS) is 1. The molecule has 0 saturated carbocycles. The van der Waals surface area contributed by atoms with Gasteiger partial charge in [0.05, 0.1) is 28.4 Å². The maximum absolute atomic E-state index is 13.0. The van der Waals surface area contributed by atoms with Crippen LogP contribution in [-0.4, -0.2) is 60.1 Å². The fourth-order valence-electron chi connectivity index (χ4n) is 2.93. The number of anilines is 1. The zero-order valence-electron chi connectivity index (χ0n) is 18.5. The number of aliphatic carboxylic acids is 1. The van der Waals surface area contributed by atoms with Gasteiger partial charge in [0.2, 0.25) is 0 Å². The van der Waals surface area contributed by atoms with Crippen molar-refractivity contribution < 1.29 is 42.1 Å². The van der Waals surface area contributed by atoms with Crippen molar-refractivity contribution in [2.45, 2.75) is 12.8 Å². The van der Waals surface area contributed by atoms with Crippen molar-refractivity contribution in [3.8, 4) is 23.0 Å². The maximum atomic E-state index is 13.0. The summed E-state index contributed by atoms with van der Waals surface area (Å²) in [5, 5.41) is 9.00. The lowest BCUT2D eigenvalue weighted by Crippen LogP contribution is -2.37. The molecule has 178 valence electrons. The van der Waals surface area contributed by atoms with Crippen molar-refractivity contribution >= 4 is 34.0 Å². The predicted molar refractivity (Wildman–Crippen MR) is 120 cm³/mol. The Bertz CT molecular complexity index is 1120. The minimum Gasteiger partial charge on any atom is -0.496 e. The van der Waals surface area contributed by atoms with Gasteiger partial charge in [-0.25, -0.2) is 0 Å². The number of methoxy groups -OCH3 is 4. The summed E-state index contributed by atoms with van der Waals surface area (Å²) in [5.41, 5.74) is 0.323. The molecule has 0 fully saturated rings. The zero-order chi connectivity index (χ0) is 24.6. The zero-order valence-corrected chi connectivity index (χ0v) is 19.3. The minimum absolute atomic E-state index is 0.0392. The van der Waals surface area contributed by atoms with Gasteiger partial charge in [0.25, 0.3) is 5.91 Å². The van der Waals surface area contributed by atoms with Crippen LogP contribution in [-0.2, 0) is 26.2 Å². The number of carbonyl (C=O) groups is 2. The van der Waals surface area contributed by atoms with E-state index >= 15 is 0 Å². The molecule has 0 heterocycles. The van der Waals surface area contributed by atoms with E-state index in [0.29, 0.717) is 27.1 Å². The van der Waals surface area contributed by atoms with Gasteiger partial charge in [0, 0.05) is 30.3 Å². The SMILES string of the molecule is COc1cc(OC)c(CC=NS(=O)(=O)N(C(=O)CC(=O)O)c2ccccc2OC)c(OC)c1. The van der Waals surface area contributed by atoms with Crippen molar-refractivity contribution in [1.29, 1.82) is 0 Å². The van der Waals surface area contributed by atoms with Crippen LogP contribution in [0.5, 0.6) is 23.0 Å². The summed E-state index contributed by atoms with van der Waals surface area (Å²) in [6.45, 7) is 0. The van der Waals surface area contributed by atoms with Gasteiger partial charge in [-0.15, -0.1) is 0 Å². The molecule has 0 radical (unpaired) electrons. The van der Waals surface area contributed by atoms with Gasteiger partial charge in [0.15, 0.2) is 0 Å². The Balaban J connectivity index is 2.47. The van der Waals surface area contributed by atoms with Crippen LogP contribution in [0, 0.1) is 0 Å². The lowest BCUT2D eigenvalue weighted by molar-refractivity contribution is -0.139. The molecule has 0 saturated heterocycles. The highest BCUT2D eigenvalue weighted by Gasteiger charge is 2.32. The molecule has 2 rings (SSSR count). The molecule has 0 aliphatic rings. The third kappa shape index (κ3) is 6.13. The summed E-state index contributed by atoms with van der Waals surface area (Å²) in [6, 6.07) is 8.98. The molecule has 33 heavy (non-hydrogen) atoms. The summed E-state index contributed by atoms with van der Waals surface area (Å²) >= 11 is 0. The lowest BCUT2D eigenvalue weighted by atomic mass is 10.1. The van der Waals surface area contributed by atoms with Crippen LogP contribution in [0.4, 0.5) is 5.69 Å². The van der Waals surface area contributed by atoms with Crippen LogP contribution < -0.4 is 23.3 Å². The molecule has 0 aliphatic carbocycles.